The van der Waals surface area contributed by atoms with Crippen LogP contribution in [-0.2, 0) is 0 Å². The minimum absolute atomic E-state index is 0.104. The Labute approximate surface area is 116 Å². The van der Waals surface area contributed by atoms with Crippen molar-refractivity contribution < 1.29 is 9.72 Å². The van der Waals surface area contributed by atoms with Crippen LogP contribution in [0.25, 0.3) is 10.9 Å². The second-order valence-electron chi connectivity index (χ2n) is 5.51. The highest BCUT2D eigenvalue weighted by atomic mass is 16.6. The maximum atomic E-state index is 12.0. The van der Waals surface area contributed by atoms with Crippen LogP contribution in [0.1, 0.15) is 31.3 Å². The molecule has 0 saturated heterocycles. The first-order chi connectivity index (χ1) is 9.28. The van der Waals surface area contributed by atoms with Crippen molar-refractivity contribution >= 4 is 22.5 Å². The van der Waals surface area contributed by atoms with E-state index in [-0.39, 0.29) is 22.8 Å². The molecule has 1 amide bonds. The van der Waals surface area contributed by atoms with E-state index in [0.29, 0.717) is 5.39 Å². The molecule has 0 atom stereocenters. The zero-order valence-electron chi connectivity index (χ0n) is 11.5. The van der Waals surface area contributed by atoms with Gasteiger partial charge < -0.3 is 5.32 Å². The zero-order valence-corrected chi connectivity index (χ0v) is 11.5. The number of carbonyl (C=O) groups excluding carboxylic acids is 1. The number of pyridine rings is 1. The Bertz CT molecular complexity index is 690. The number of hydrogen-bond donors (Lipinski definition) is 1. The molecule has 20 heavy (non-hydrogen) atoms. The summed E-state index contributed by atoms with van der Waals surface area (Å²) < 4.78 is 0. The number of benzene rings is 1. The summed E-state index contributed by atoms with van der Waals surface area (Å²) in [4.78, 5) is 26.7. The maximum absolute atomic E-state index is 12.0. The van der Waals surface area contributed by atoms with Gasteiger partial charge in [0.05, 0.1) is 4.92 Å². The van der Waals surface area contributed by atoms with E-state index in [1.54, 1.807) is 24.3 Å². The van der Waals surface area contributed by atoms with E-state index in [2.05, 4.69) is 10.3 Å². The quantitative estimate of drug-likeness (QED) is 0.673. The molecule has 1 aromatic carbocycles. The summed E-state index contributed by atoms with van der Waals surface area (Å²) in [5, 5.41) is 14.4. The molecule has 0 saturated carbocycles. The molecule has 6 nitrogen and oxygen atoms in total. The fraction of sp³-hybridized carbons (Fsp3) is 0.286. The molecule has 0 unspecified atom stereocenters. The van der Waals surface area contributed by atoms with Crippen molar-refractivity contribution in [1.29, 1.82) is 0 Å². The summed E-state index contributed by atoms with van der Waals surface area (Å²) in [7, 11) is 0. The minimum atomic E-state index is -0.499. The summed E-state index contributed by atoms with van der Waals surface area (Å²) in [5.74, 6) is -0.349. The molecule has 6 heteroatoms. The molecular weight excluding hydrogens is 258 g/mol. The van der Waals surface area contributed by atoms with E-state index in [0.717, 1.165) is 0 Å². The number of nitro benzene ring substituents is 1. The first-order valence-corrected chi connectivity index (χ1v) is 6.14. The van der Waals surface area contributed by atoms with Gasteiger partial charge in [0, 0.05) is 17.0 Å². The summed E-state index contributed by atoms with van der Waals surface area (Å²) >= 11 is 0. The third kappa shape index (κ3) is 2.90. The van der Waals surface area contributed by atoms with Gasteiger partial charge in [-0.2, -0.15) is 0 Å². The molecule has 0 aliphatic carbocycles. The first kappa shape index (κ1) is 13.9. The molecule has 0 radical (unpaired) electrons. The highest BCUT2D eigenvalue weighted by molar-refractivity contribution is 5.96. The summed E-state index contributed by atoms with van der Waals surface area (Å²) in [6.45, 7) is 5.57. The maximum Gasteiger partial charge on any atom is 0.295 e. The van der Waals surface area contributed by atoms with Gasteiger partial charge in [-0.05, 0) is 26.8 Å². The first-order valence-electron chi connectivity index (χ1n) is 6.14. The molecule has 0 bridgehead atoms. The van der Waals surface area contributed by atoms with Crippen molar-refractivity contribution in [2.45, 2.75) is 26.3 Å². The van der Waals surface area contributed by atoms with Crippen molar-refractivity contribution in [1.82, 2.24) is 10.3 Å². The molecule has 1 aromatic heterocycles. The number of fused-ring (bicyclic) bond motifs is 1. The van der Waals surface area contributed by atoms with Crippen molar-refractivity contribution in [2.24, 2.45) is 0 Å². The van der Waals surface area contributed by atoms with Crippen LogP contribution < -0.4 is 5.32 Å². The van der Waals surface area contributed by atoms with E-state index in [1.165, 1.54) is 6.07 Å². The Morgan fingerprint density at radius 2 is 1.95 bits per heavy atom. The SMILES string of the molecule is CC(C)(C)NC(=O)c1ccc2cccc([N+](=O)[O-])c2n1. The monoisotopic (exact) mass is 273 g/mol. The molecule has 0 spiro atoms. The number of rotatable bonds is 2. The number of amides is 1. The van der Waals surface area contributed by atoms with E-state index in [4.69, 9.17) is 0 Å². The van der Waals surface area contributed by atoms with Gasteiger partial charge in [0.25, 0.3) is 11.6 Å². The van der Waals surface area contributed by atoms with Crippen LogP contribution in [0.2, 0.25) is 0 Å². The molecule has 2 aromatic rings. The van der Waals surface area contributed by atoms with Gasteiger partial charge in [-0.15, -0.1) is 0 Å². The normalized spacial score (nSPS) is 11.3. The molecule has 0 aliphatic heterocycles. The predicted molar refractivity (Wildman–Crippen MR) is 75.6 cm³/mol. The lowest BCUT2D eigenvalue weighted by molar-refractivity contribution is -0.383. The molecule has 0 aliphatic rings. The van der Waals surface area contributed by atoms with Gasteiger partial charge in [0.2, 0.25) is 0 Å². The number of hydrogen-bond acceptors (Lipinski definition) is 4. The highest BCUT2D eigenvalue weighted by Gasteiger charge is 2.19. The Morgan fingerprint density at radius 1 is 1.25 bits per heavy atom. The van der Waals surface area contributed by atoms with Gasteiger partial charge in [-0.1, -0.05) is 18.2 Å². The van der Waals surface area contributed by atoms with Crippen LogP contribution >= 0.6 is 0 Å². The number of nitro groups is 1. The Balaban J connectivity index is 2.50. The molecule has 2 rings (SSSR count). The average Bonchev–Trinajstić information content (AvgIpc) is 2.35. The van der Waals surface area contributed by atoms with Gasteiger partial charge in [-0.3, -0.25) is 14.9 Å². The number of non-ortho nitro benzene ring substituents is 1. The second kappa shape index (κ2) is 4.88. The lowest BCUT2D eigenvalue weighted by Gasteiger charge is -2.20. The van der Waals surface area contributed by atoms with Crippen molar-refractivity contribution in [2.75, 3.05) is 0 Å². The number of aromatic nitrogens is 1. The van der Waals surface area contributed by atoms with Crippen molar-refractivity contribution in [3.63, 3.8) is 0 Å². The molecule has 0 fully saturated rings. The third-order valence-corrected chi connectivity index (χ3v) is 2.62. The fourth-order valence-electron chi connectivity index (χ4n) is 1.81. The van der Waals surface area contributed by atoms with Gasteiger partial charge >= 0.3 is 0 Å². The Hall–Kier alpha value is -2.50. The van der Waals surface area contributed by atoms with Crippen LogP contribution in [0, 0.1) is 10.1 Å². The third-order valence-electron chi connectivity index (χ3n) is 2.62. The van der Waals surface area contributed by atoms with Crippen LogP contribution in [0.15, 0.2) is 30.3 Å². The number of nitrogens with one attached hydrogen (secondary N) is 1. The standard InChI is InChI=1S/C14H15N3O3/c1-14(2,3)16-13(18)10-8-7-9-5-4-6-11(17(19)20)12(9)15-10/h4-8H,1-3H3,(H,16,18). The van der Waals surface area contributed by atoms with Gasteiger partial charge in [0.1, 0.15) is 11.2 Å². The molecule has 1 heterocycles. The van der Waals surface area contributed by atoms with Crippen LogP contribution in [0.4, 0.5) is 5.69 Å². The van der Waals surface area contributed by atoms with Gasteiger partial charge in [0.15, 0.2) is 0 Å². The summed E-state index contributed by atoms with van der Waals surface area (Å²) in [6.07, 6.45) is 0. The van der Waals surface area contributed by atoms with E-state index in [9.17, 15) is 14.9 Å². The fourth-order valence-corrected chi connectivity index (χ4v) is 1.81. The topological polar surface area (TPSA) is 85.1 Å². The number of carbonyl (C=O) groups is 1. The van der Waals surface area contributed by atoms with Crippen LogP contribution in [-0.4, -0.2) is 21.4 Å². The summed E-state index contributed by atoms with van der Waals surface area (Å²) in [6, 6.07) is 7.92. The predicted octanol–water partition coefficient (Wildman–Crippen LogP) is 2.67. The molecule has 104 valence electrons. The molecular formula is C14H15N3O3. The largest absolute Gasteiger partial charge is 0.346 e. The Kier molecular flexibility index (Phi) is 3.40. The summed E-state index contributed by atoms with van der Waals surface area (Å²) in [5.41, 5.74) is -0.107. The average molecular weight is 273 g/mol. The smallest absolute Gasteiger partial charge is 0.295 e. The van der Waals surface area contributed by atoms with Crippen molar-refractivity contribution in [3.8, 4) is 0 Å². The van der Waals surface area contributed by atoms with E-state index in [1.807, 2.05) is 20.8 Å². The lowest BCUT2D eigenvalue weighted by Crippen LogP contribution is -2.40. The number of para-hydroxylation sites is 1. The lowest BCUT2D eigenvalue weighted by atomic mass is 10.1. The van der Waals surface area contributed by atoms with Crippen LogP contribution in [0.5, 0.6) is 0 Å². The van der Waals surface area contributed by atoms with E-state index < -0.39 is 10.5 Å². The Morgan fingerprint density at radius 3 is 2.55 bits per heavy atom. The second-order valence-corrected chi connectivity index (χ2v) is 5.51. The highest BCUT2D eigenvalue weighted by Crippen LogP contribution is 2.23. The van der Waals surface area contributed by atoms with Crippen molar-refractivity contribution in [3.05, 3.63) is 46.1 Å². The zero-order chi connectivity index (χ0) is 14.9. The van der Waals surface area contributed by atoms with E-state index >= 15 is 0 Å². The van der Waals surface area contributed by atoms with Gasteiger partial charge in [-0.25, -0.2) is 4.98 Å². The van der Waals surface area contributed by atoms with Crippen LogP contribution in [0.3, 0.4) is 0 Å². The molecule has 1 N–H and O–H groups in total. The minimum Gasteiger partial charge on any atom is -0.346 e. The number of nitrogens with zero attached hydrogens (tertiary/aromatic N) is 2.